The summed E-state index contributed by atoms with van der Waals surface area (Å²) in [4.78, 5) is 4.74. The Bertz CT molecular complexity index is 3090. The van der Waals surface area contributed by atoms with Gasteiger partial charge < -0.3 is 23.1 Å². The van der Waals surface area contributed by atoms with Gasteiger partial charge in [0, 0.05) is 64.8 Å². The third-order valence-electron chi connectivity index (χ3n) is 13.9. The van der Waals surface area contributed by atoms with Crippen LogP contribution in [0, 0.1) is 0 Å². The molecule has 0 amide bonds. The number of benzene rings is 8. The molecule has 2 aliphatic rings. The van der Waals surface area contributed by atoms with Crippen LogP contribution in [0.5, 0.6) is 0 Å². The van der Waals surface area contributed by atoms with E-state index in [2.05, 4.69) is 232 Å². The van der Waals surface area contributed by atoms with Gasteiger partial charge in [0.15, 0.2) is 0 Å². The van der Waals surface area contributed by atoms with Crippen molar-refractivity contribution in [1.82, 2.24) is 0 Å². The van der Waals surface area contributed by atoms with E-state index < -0.39 is 8.80 Å². The summed E-state index contributed by atoms with van der Waals surface area (Å²) >= 11 is 0. The van der Waals surface area contributed by atoms with Crippen LogP contribution in [0.2, 0.25) is 0 Å². The molecule has 0 N–H and O–H groups in total. The van der Waals surface area contributed by atoms with Crippen molar-refractivity contribution in [3.63, 3.8) is 0 Å². The van der Waals surface area contributed by atoms with E-state index in [-0.39, 0.29) is 10.8 Å². The maximum Gasteiger partial charge on any atom is 0.529 e. The van der Waals surface area contributed by atoms with Crippen molar-refractivity contribution in [1.29, 1.82) is 0 Å². The molecule has 0 unspecified atom stereocenters. The third-order valence-corrected chi connectivity index (χ3v) is 16.6. The predicted molar refractivity (Wildman–Crippen MR) is 286 cm³/mol. The van der Waals surface area contributed by atoms with Gasteiger partial charge in [0.1, 0.15) is 0 Å². The lowest BCUT2D eigenvalue weighted by molar-refractivity contribution is 0.0845. The summed E-state index contributed by atoms with van der Waals surface area (Å²) in [5, 5.41) is 0. The highest BCUT2D eigenvalue weighted by atomic mass is 28.4. The molecule has 0 radical (unpaired) electrons. The van der Waals surface area contributed by atoms with Gasteiger partial charge >= 0.3 is 8.80 Å². The molecule has 2 aliphatic carbocycles. The minimum Gasteiger partial charge on any atom is -0.371 e. The number of hydrogen-bond donors (Lipinski definition) is 0. The van der Waals surface area contributed by atoms with Crippen molar-refractivity contribution in [3.05, 3.63) is 222 Å². The standard InChI is InChI=1S/C62H60N2O3Si/c1-8-65-68(66-9-2,67-10-3)41-40-44-24-30-48(31-25-44)64(52-36-38-55-53-20-14-16-22-57(53)62(6,7)60(55)43-52)50-34-28-46(29-35-50)45-26-32-49(33-27-45)63(47-18-12-11-13-19-47)51-37-39-59-56(42-51)54-21-15-17-23-58(54)61(59,4)5/h11-43H,8-10H2,1-7H3/b41-40+. The Hall–Kier alpha value is -6.80. The summed E-state index contributed by atoms with van der Waals surface area (Å²) in [6.45, 7) is 16.9. The van der Waals surface area contributed by atoms with E-state index in [1.165, 1.54) is 44.5 Å². The van der Waals surface area contributed by atoms with E-state index in [0.717, 1.165) is 50.8 Å². The molecular weight excluding hydrogens is 849 g/mol. The fourth-order valence-electron chi connectivity index (χ4n) is 10.6. The molecule has 8 aromatic carbocycles. The molecule has 0 aliphatic heterocycles. The van der Waals surface area contributed by atoms with Crippen LogP contribution >= 0.6 is 0 Å². The topological polar surface area (TPSA) is 34.2 Å². The quantitative estimate of drug-likeness (QED) is 0.0958. The van der Waals surface area contributed by atoms with E-state index >= 15 is 0 Å². The van der Waals surface area contributed by atoms with E-state index in [4.69, 9.17) is 13.3 Å². The number of anilines is 6. The molecule has 5 nitrogen and oxygen atoms in total. The lowest BCUT2D eigenvalue weighted by Crippen LogP contribution is -2.44. The monoisotopic (exact) mass is 908 g/mol. The van der Waals surface area contributed by atoms with Crippen LogP contribution < -0.4 is 9.80 Å². The van der Waals surface area contributed by atoms with Crippen LogP contribution in [0.4, 0.5) is 34.1 Å². The second-order valence-corrected chi connectivity index (χ2v) is 21.1. The molecule has 0 saturated carbocycles. The molecule has 0 heterocycles. The van der Waals surface area contributed by atoms with Gasteiger partial charge in [-0.15, -0.1) is 0 Å². The molecule has 340 valence electrons. The van der Waals surface area contributed by atoms with Gasteiger partial charge in [0.05, 0.1) is 0 Å². The van der Waals surface area contributed by atoms with Crippen LogP contribution in [-0.4, -0.2) is 28.6 Å². The summed E-state index contributed by atoms with van der Waals surface area (Å²) in [5.74, 6) is 0. The molecule has 0 aromatic heterocycles. The first-order valence-electron chi connectivity index (χ1n) is 24.1. The first-order chi connectivity index (χ1) is 33.0. The Kier molecular flexibility index (Phi) is 12.1. The minimum absolute atomic E-state index is 0.0450. The van der Waals surface area contributed by atoms with Gasteiger partial charge in [0.2, 0.25) is 0 Å². The lowest BCUT2D eigenvalue weighted by atomic mass is 9.82. The molecular formula is C62H60N2O3Si. The van der Waals surface area contributed by atoms with E-state index in [1.807, 2.05) is 26.5 Å². The first-order valence-corrected chi connectivity index (χ1v) is 25.9. The molecule has 68 heavy (non-hydrogen) atoms. The fourth-order valence-corrected chi connectivity index (χ4v) is 12.7. The predicted octanol–water partition coefficient (Wildman–Crippen LogP) is 16.5. The summed E-state index contributed by atoms with van der Waals surface area (Å²) in [6.07, 6.45) is 2.07. The van der Waals surface area contributed by atoms with Gasteiger partial charge in [-0.05, 0) is 160 Å². The molecule has 0 spiro atoms. The highest BCUT2D eigenvalue weighted by molar-refractivity contribution is 6.67. The van der Waals surface area contributed by atoms with Crippen molar-refractivity contribution >= 4 is 49.0 Å². The molecule has 8 aromatic rings. The van der Waals surface area contributed by atoms with Crippen LogP contribution in [-0.2, 0) is 24.1 Å². The average molecular weight is 909 g/mol. The van der Waals surface area contributed by atoms with Gasteiger partial charge in [-0.3, -0.25) is 0 Å². The van der Waals surface area contributed by atoms with Crippen molar-refractivity contribution < 1.29 is 13.3 Å². The summed E-state index contributed by atoms with van der Waals surface area (Å²) in [5.41, 5.74) is 22.5. The summed E-state index contributed by atoms with van der Waals surface area (Å²) in [7, 11) is -2.96. The Morgan fingerprint density at radius 2 is 0.779 bits per heavy atom. The maximum absolute atomic E-state index is 6.11. The second kappa shape index (κ2) is 18.4. The van der Waals surface area contributed by atoms with Crippen molar-refractivity contribution in [3.8, 4) is 33.4 Å². The van der Waals surface area contributed by atoms with Crippen molar-refractivity contribution in [2.24, 2.45) is 0 Å². The molecule has 10 rings (SSSR count). The van der Waals surface area contributed by atoms with Crippen LogP contribution in [0.15, 0.2) is 194 Å². The third kappa shape index (κ3) is 8.11. The Morgan fingerprint density at radius 3 is 1.32 bits per heavy atom. The average Bonchev–Trinajstić information content (AvgIpc) is 3.74. The van der Waals surface area contributed by atoms with Crippen LogP contribution in [0.3, 0.4) is 0 Å². The molecule has 6 heteroatoms. The number of nitrogens with zero attached hydrogens (tertiary/aromatic N) is 2. The Labute approximate surface area is 404 Å². The van der Waals surface area contributed by atoms with Crippen LogP contribution in [0.1, 0.15) is 76.3 Å². The SMILES string of the molecule is CCO[Si](/C=C/c1ccc(N(c2ccc(-c3ccc(N(c4ccccc4)c4ccc5c(c4)-c4ccccc4C5(C)C)cc3)cc2)c2ccc3c(c2)C(C)(C)c2ccccc2-3)cc1)(OCC)OCC. The van der Waals surface area contributed by atoms with E-state index in [0.29, 0.717) is 19.8 Å². The molecule has 0 fully saturated rings. The Balaban J connectivity index is 0.985. The fraction of sp³-hybridized carbons (Fsp3) is 0.194. The summed E-state index contributed by atoms with van der Waals surface area (Å²) < 4.78 is 18.3. The number of para-hydroxylation sites is 1. The zero-order valence-electron chi connectivity index (χ0n) is 40.3. The highest BCUT2D eigenvalue weighted by Gasteiger charge is 2.38. The number of rotatable bonds is 15. The van der Waals surface area contributed by atoms with Crippen molar-refractivity contribution in [2.75, 3.05) is 29.6 Å². The van der Waals surface area contributed by atoms with Gasteiger partial charge in [-0.1, -0.05) is 149 Å². The smallest absolute Gasteiger partial charge is 0.371 e. The van der Waals surface area contributed by atoms with Gasteiger partial charge in [0.25, 0.3) is 0 Å². The molecule has 0 saturated heterocycles. The highest BCUT2D eigenvalue weighted by Crippen LogP contribution is 2.52. The van der Waals surface area contributed by atoms with Crippen molar-refractivity contribution in [2.45, 2.75) is 59.3 Å². The first kappa shape index (κ1) is 45.0. The normalized spacial score (nSPS) is 14.0. The minimum atomic E-state index is -2.96. The molecule has 0 bridgehead atoms. The number of hydrogen-bond acceptors (Lipinski definition) is 5. The van der Waals surface area contributed by atoms with Gasteiger partial charge in [-0.2, -0.15) is 0 Å². The lowest BCUT2D eigenvalue weighted by Gasteiger charge is -2.28. The zero-order valence-corrected chi connectivity index (χ0v) is 41.3. The summed E-state index contributed by atoms with van der Waals surface area (Å²) in [6, 6.07) is 69.0. The zero-order chi connectivity index (χ0) is 47.0. The second-order valence-electron chi connectivity index (χ2n) is 18.7. The maximum atomic E-state index is 6.11. The number of fused-ring (bicyclic) bond motifs is 6. The van der Waals surface area contributed by atoms with Gasteiger partial charge in [-0.25, -0.2) is 0 Å². The Morgan fingerprint density at radius 1 is 0.382 bits per heavy atom. The largest absolute Gasteiger partial charge is 0.529 e. The van der Waals surface area contributed by atoms with E-state index in [9.17, 15) is 0 Å². The molecule has 0 atom stereocenters. The van der Waals surface area contributed by atoms with E-state index in [1.54, 1.807) is 0 Å². The van der Waals surface area contributed by atoms with Crippen LogP contribution in [0.25, 0.3) is 39.5 Å².